The second-order valence-corrected chi connectivity index (χ2v) is 5.11. The third-order valence-electron chi connectivity index (χ3n) is 3.36. The van der Waals surface area contributed by atoms with E-state index in [1.54, 1.807) is 17.7 Å². The molecule has 0 aliphatic rings. The van der Waals surface area contributed by atoms with Gasteiger partial charge in [-0.05, 0) is 42.0 Å². The Morgan fingerprint density at radius 3 is 2.81 bits per heavy atom. The lowest BCUT2D eigenvalue weighted by atomic mass is 10.2. The van der Waals surface area contributed by atoms with Crippen LogP contribution in [0.15, 0.2) is 53.3 Å². The molecule has 106 valence electrons. The van der Waals surface area contributed by atoms with E-state index in [1.165, 1.54) is 0 Å². The van der Waals surface area contributed by atoms with Gasteiger partial charge in [0.25, 0.3) is 5.56 Å². The summed E-state index contributed by atoms with van der Waals surface area (Å²) in [4.78, 5) is 15.6. The lowest BCUT2D eigenvalue weighted by Gasteiger charge is -2.09. The fourth-order valence-electron chi connectivity index (χ4n) is 2.30. The summed E-state index contributed by atoms with van der Waals surface area (Å²) in [5.41, 5.74) is 1.64. The van der Waals surface area contributed by atoms with Gasteiger partial charge in [0.1, 0.15) is 5.75 Å². The highest BCUT2D eigenvalue weighted by molar-refractivity contribution is 7.71. The molecule has 0 atom stereocenters. The monoisotopic (exact) mass is 298 g/mol. The SMILES string of the molecule is COc1cccc(Cn2c(=S)[nH]c3ccccc3c2=O)c1. The number of aromatic amines is 1. The predicted octanol–water partition coefficient (Wildman–Crippen LogP) is 3.12. The Kier molecular flexibility index (Phi) is 3.58. The molecular weight excluding hydrogens is 284 g/mol. The number of ether oxygens (including phenoxy) is 1. The maximum absolute atomic E-state index is 12.6. The average molecular weight is 298 g/mol. The van der Waals surface area contributed by atoms with E-state index in [2.05, 4.69) is 4.98 Å². The third kappa shape index (κ3) is 2.60. The highest BCUT2D eigenvalue weighted by Gasteiger charge is 2.06. The van der Waals surface area contributed by atoms with Crippen molar-refractivity contribution in [2.75, 3.05) is 7.11 Å². The summed E-state index contributed by atoms with van der Waals surface area (Å²) in [6.45, 7) is 0.413. The summed E-state index contributed by atoms with van der Waals surface area (Å²) in [6.07, 6.45) is 0. The largest absolute Gasteiger partial charge is 0.497 e. The van der Waals surface area contributed by atoms with Gasteiger partial charge < -0.3 is 9.72 Å². The van der Waals surface area contributed by atoms with Crippen molar-refractivity contribution >= 4 is 23.1 Å². The Bertz CT molecular complexity index is 912. The van der Waals surface area contributed by atoms with Crippen LogP contribution in [0.3, 0.4) is 0 Å². The normalized spacial score (nSPS) is 10.7. The highest BCUT2D eigenvalue weighted by Crippen LogP contribution is 2.14. The van der Waals surface area contributed by atoms with Crippen molar-refractivity contribution in [2.45, 2.75) is 6.54 Å². The number of methoxy groups -OCH3 is 1. The Morgan fingerprint density at radius 2 is 2.00 bits per heavy atom. The Balaban J connectivity index is 2.12. The van der Waals surface area contributed by atoms with Crippen LogP contribution >= 0.6 is 12.2 Å². The molecule has 1 aromatic heterocycles. The predicted molar refractivity (Wildman–Crippen MR) is 85.5 cm³/mol. The van der Waals surface area contributed by atoms with Crippen molar-refractivity contribution in [1.82, 2.24) is 9.55 Å². The van der Waals surface area contributed by atoms with Crippen LogP contribution in [0.25, 0.3) is 10.9 Å². The molecule has 0 saturated heterocycles. The van der Waals surface area contributed by atoms with Crippen molar-refractivity contribution in [3.05, 3.63) is 69.2 Å². The van der Waals surface area contributed by atoms with Crippen molar-refractivity contribution < 1.29 is 4.74 Å². The number of nitrogens with one attached hydrogen (secondary N) is 1. The van der Waals surface area contributed by atoms with Gasteiger partial charge in [0.05, 0.1) is 24.6 Å². The molecule has 0 radical (unpaired) electrons. The van der Waals surface area contributed by atoms with Crippen LogP contribution in [-0.2, 0) is 6.54 Å². The summed E-state index contributed by atoms with van der Waals surface area (Å²) < 4.78 is 7.18. The zero-order valence-electron chi connectivity index (χ0n) is 11.5. The van der Waals surface area contributed by atoms with E-state index in [1.807, 2.05) is 42.5 Å². The number of H-pyrrole nitrogens is 1. The molecule has 1 N–H and O–H groups in total. The maximum Gasteiger partial charge on any atom is 0.262 e. The molecule has 4 nitrogen and oxygen atoms in total. The quantitative estimate of drug-likeness (QED) is 0.756. The molecule has 3 rings (SSSR count). The number of hydrogen-bond acceptors (Lipinski definition) is 3. The number of hydrogen-bond donors (Lipinski definition) is 1. The third-order valence-corrected chi connectivity index (χ3v) is 3.69. The number of aromatic nitrogens is 2. The first-order valence-corrected chi connectivity index (χ1v) is 6.94. The molecule has 0 fully saturated rings. The Hall–Kier alpha value is -2.40. The number of rotatable bonds is 3. The van der Waals surface area contributed by atoms with Crippen LogP contribution in [0.2, 0.25) is 0 Å². The van der Waals surface area contributed by atoms with Gasteiger partial charge in [-0.2, -0.15) is 0 Å². The van der Waals surface area contributed by atoms with Crippen LogP contribution in [0, 0.1) is 4.77 Å². The van der Waals surface area contributed by atoms with Crippen molar-refractivity contribution in [1.29, 1.82) is 0 Å². The number of fused-ring (bicyclic) bond motifs is 1. The second kappa shape index (κ2) is 5.54. The van der Waals surface area contributed by atoms with Crippen LogP contribution < -0.4 is 10.3 Å². The van der Waals surface area contributed by atoms with Gasteiger partial charge in [-0.3, -0.25) is 9.36 Å². The summed E-state index contributed by atoms with van der Waals surface area (Å²) >= 11 is 5.30. The highest BCUT2D eigenvalue weighted by atomic mass is 32.1. The van der Waals surface area contributed by atoms with Gasteiger partial charge in [0.15, 0.2) is 4.77 Å². The lowest BCUT2D eigenvalue weighted by molar-refractivity contribution is 0.414. The molecular formula is C16H14N2O2S. The molecule has 0 aliphatic heterocycles. The minimum atomic E-state index is -0.0860. The second-order valence-electron chi connectivity index (χ2n) is 4.72. The van der Waals surface area contributed by atoms with Crippen LogP contribution in [0.4, 0.5) is 0 Å². The number of para-hydroxylation sites is 1. The molecule has 0 bridgehead atoms. The zero-order valence-corrected chi connectivity index (χ0v) is 12.3. The van der Waals surface area contributed by atoms with Crippen LogP contribution in [-0.4, -0.2) is 16.7 Å². The van der Waals surface area contributed by atoms with Gasteiger partial charge in [0.2, 0.25) is 0 Å². The van der Waals surface area contributed by atoms with E-state index in [9.17, 15) is 4.79 Å². The first kappa shape index (κ1) is 13.6. The zero-order chi connectivity index (χ0) is 14.8. The van der Waals surface area contributed by atoms with Crippen molar-refractivity contribution in [3.63, 3.8) is 0 Å². The molecule has 3 aromatic rings. The molecule has 0 spiro atoms. The molecule has 0 aliphatic carbocycles. The van der Waals surface area contributed by atoms with E-state index in [4.69, 9.17) is 17.0 Å². The van der Waals surface area contributed by atoms with Crippen molar-refractivity contribution in [3.8, 4) is 5.75 Å². The van der Waals surface area contributed by atoms with E-state index in [0.717, 1.165) is 16.8 Å². The molecule has 21 heavy (non-hydrogen) atoms. The Labute approximate surface area is 126 Å². The standard InChI is InChI=1S/C16H14N2O2S/c1-20-12-6-4-5-11(9-12)10-18-15(19)13-7-2-3-8-14(13)17-16(18)21/h2-9H,10H2,1H3,(H,17,21). The molecule has 0 unspecified atom stereocenters. The minimum Gasteiger partial charge on any atom is -0.497 e. The fraction of sp³-hybridized carbons (Fsp3) is 0.125. The summed E-state index contributed by atoms with van der Waals surface area (Å²) in [5, 5.41) is 0.633. The molecule has 0 amide bonds. The van der Waals surface area contributed by atoms with Crippen molar-refractivity contribution in [2.24, 2.45) is 0 Å². The number of nitrogens with zero attached hydrogens (tertiary/aromatic N) is 1. The smallest absolute Gasteiger partial charge is 0.262 e. The molecule has 5 heteroatoms. The summed E-state index contributed by atoms with van der Waals surface area (Å²) in [5.74, 6) is 0.760. The summed E-state index contributed by atoms with van der Waals surface area (Å²) in [6, 6.07) is 15.0. The topological polar surface area (TPSA) is 47.0 Å². The van der Waals surface area contributed by atoms with Gasteiger partial charge in [0, 0.05) is 0 Å². The van der Waals surface area contributed by atoms with E-state index >= 15 is 0 Å². The van der Waals surface area contributed by atoms with Gasteiger partial charge in [-0.25, -0.2) is 0 Å². The van der Waals surface area contributed by atoms with E-state index in [0.29, 0.717) is 16.7 Å². The molecule has 1 heterocycles. The van der Waals surface area contributed by atoms with E-state index < -0.39 is 0 Å². The first-order valence-electron chi connectivity index (χ1n) is 6.54. The molecule has 0 saturated carbocycles. The summed E-state index contributed by atoms with van der Waals surface area (Å²) in [7, 11) is 1.62. The average Bonchev–Trinajstić information content (AvgIpc) is 2.51. The first-order chi connectivity index (χ1) is 10.2. The van der Waals surface area contributed by atoms with Gasteiger partial charge >= 0.3 is 0 Å². The van der Waals surface area contributed by atoms with Crippen LogP contribution in [0.5, 0.6) is 5.75 Å². The minimum absolute atomic E-state index is 0.0860. The van der Waals surface area contributed by atoms with Crippen LogP contribution in [0.1, 0.15) is 5.56 Å². The number of benzene rings is 2. The van der Waals surface area contributed by atoms with Gasteiger partial charge in [-0.15, -0.1) is 0 Å². The van der Waals surface area contributed by atoms with Gasteiger partial charge in [-0.1, -0.05) is 24.3 Å². The Morgan fingerprint density at radius 1 is 1.19 bits per heavy atom. The maximum atomic E-state index is 12.6. The van der Waals surface area contributed by atoms with E-state index in [-0.39, 0.29) is 5.56 Å². The lowest BCUT2D eigenvalue weighted by Crippen LogP contribution is -2.22. The molecule has 2 aromatic carbocycles. The fourth-order valence-corrected chi connectivity index (χ4v) is 2.55.